The fraction of sp³-hybridized carbons (Fsp3) is 0.375. The molecule has 0 radical (unpaired) electrons. The van der Waals surface area contributed by atoms with Crippen molar-refractivity contribution in [3.63, 3.8) is 0 Å². The predicted molar refractivity (Wildman–Crippen MR) is 71.2 cm³/mol. The summed E-state index contributed by atoms with van der Waals surface area (Å²) >= 11 is 0. The Bertz CT molecular complexity index is 518. The van der Waals surface area contributed by atoms with Gasteiger partial charge in [-0.2, -0.15) is 0 Å². The third-order valence-electron chi connectivity index (χ3n) is 3.93. The molecule has 17 heavy (non-hydrogen) atoms. The summed E-state index contributed by atoms with van der Waals surface area (Å²) in [4.78, 5) is 0. The van der Waals surface area contributed by atoms with Gasteiger partial charge >= 0.3 is 0 Å². The van der Waals surface area contributed by atoms with Gasteiger partial charge in [0.1, 0.15) is 0 Å². The molecule has 0 spiro atoms. The number of hydrogen-bond acceptors (Lipinski definition) is 1. The number of aliphatic hydroxyl groups excluding tert-OH is 1. The van der Waals surface area contributed by atoms with Gasteiger partial charge in [-0.1, -0.05) is 55.3 Å². The lowest BCUT2D eigenvalue weighted by atomic mass is 9.81. The minimum Gasteiger partial charge on any atom is -0.392 e. The van der Waals surface area contributed by atoms with Crippen LogP contribution in [0.25, 0.3) is 10.8 Å². The first-order valence-corrected chi connectivity index (χ1v) is 6.51. The van der Waals surface area contributed by atoms with Gasteiger partial charge in [-0.25, -0.2) is 0 Å². The van der Waals surface area contributed by atoms with Gasteiger partial charge in [0.25, 0.3) is 0 Å². The van der Waals surface area contributed by atoms with Crippen LogP contribution in [0.15, 0.2) is 42.5 Å². The van der Waals surface area contributed by atoms with Crippen LogP contribution in [0, 0.1) is 0 Å². The van der Waals surface area contributed by atoms with Crippen molar-refractivity contribution in [3.05, 3.63) is 48.0 Å². The number of hydrogen-bond donors (Lipinski definition) is 1. The van der Waals surface area contributed by atoms with E-state index < -0.39 is 0 Å². The molecule has 0 saturated heterocycles. The topological polar surface area (TPSA) is 20.2 Å². The van der Waals surface area contributed by atoms with E-state index in [0.717, 1.165) is 12.8 Å². The molecule has 1 heteroatoms. The van der Waals surface area contributed by atoms with Crippen LogP contribution in [-0.2, 0) is 0 Å². The van der Waals surface area contributed by atoms with Crippen molar-refractivity contribution >= 4 is 10.8 Å². The molecule has 2 aromatic carbocycles. The van der Waals surface area contributed by atoms with Crippen molar-refractivity contribution in [2.75, 3.05) is 0 Å². The molecule has 1 aliphatic rings. The predicted octanol–water partition coefficient (Wildman–Crippen LogP) is 3.86. The molecule has 0 heterocycles. The van der Waals surface area contributed by atoms with Crippen molar-refractivity contribution in [1.29, 1.82) is 0 Å². The van der Waals surface area contributed by atoms with Gasteiger partial charge in [-0.05, 0) is 29.2 Å². The highest BCUT2D eigenvalue weighted by atomic mass is 16.3. The molecular weight excluding hydrogens is 208 g/mol. The summed E-state index contributed by atoms with van der Waals surface area (Å²) in [5.41, 5.74) is 1.30. The molecule has 2 aromatic rings. The Labute approximate surface area is 102 Å². The van der Waals surface area contributed by atoms with Gasteiger partial charge in [0, 0.05) is 5.92 Å². The van der Waals surface area contributed by atoms with E-state index in [-0.39, 0.29) is 6.10 Å². The standard InChI is InChI=1S/C16H18O/c17-16-8-4-3-7-15(16)14-10-9-12-5-1-2-6-13(12)11-14/h1-2,5-6,9-11,15-17H,3-4,7-8H2. The maximum Gasteiger partial charge on any atom is 0.0608 e. The second kappa shape index (κ2) is 4.50. The Balaban J connectivity index is 1.99. The Hall–Kier alpha value is -1.34. The van der Waals surface area contributed by atoms with Crippen LogP contribution < -0.4 is 0 Å². The third kappa shape index (κ3) is 2.07. The van der Waals surface area contributed by atoms with E-state index in [2.05, 4.69) is 42.5 Å². The zero-order chi connectivity index (χ0) is 11.7. The van der Waals surface area contributed by atoms with Crippen molar-refractivity contribution in [1.82, 2.24) is 0 Å². The monoisotopic (exact) mass is 226 g/mol. The first-order valence-electron chi connectivity index (χ1n) is 6.51. The molecule has 0 amide bonds. The van der Waals surface area contributed by atoms with Crippen molar-refractivity contribution in [2.45, 2.75) is 37.7 Å². The maximum atomic E-state index is 10.1. The minimum absolute atomic E-state index is 0.148. The first-order chi connectivity index (χ1) is 8.34. The van der Waals surface area contributed by atoms with Crippen LogP contribution in [0.5, 0.6) is 0 Å². The molecule has 1 saturated carbocycles. The van der Waals surface area contributed by atoms with Gasteiger partial charge in [-0.15, -0.1) is 0 Å². The van der Waals surface area contributed by atoms with Crippen LogP contribution in [0.2, 0.25) is 0 Å². The Morgan fingerprint density at radius 1 is 0.882 bits per heavy atom. The summed E-state index contributed by atoms with van der Waals surface area (Å²) < 4.78 is 0. The summed E-state index contributed by atoms with van der Waals surface area (Å²) in [6.07, 6.45) is 4.35. The quantitative estimate of drug-likeness (QED) is 0.783. The highest BCUT2D eigenvalue weighted by Gasteiger charge is 2.24. The van der Waals surface area contributed by atoms with Gasteiger partial charge in [-0.3, -0.25) is 0 Å². The van der Waals surface area contributed by atoms with Crippen LogP contribution in [0.4, 0.5) is 0 Å². The molecule has 0 bridgehead atoms. The largest absolute Gasteiger partial charge is 0.392 e. The molecule has 1 N–H and O–H groups in total. The van der Waals surface area contributed by atoms with E-state index in [4.69, 9.17) is 0 Å². The molecule has 88 valence electrons. The normalized spacial score (nSPS) is 25.0. The molecule has 2 atom stereocenters. The van der Waals surface area contributed by atoms with Crippen LogP contribution in [0.3, 0.4) is 0 Å². The lowest BCUT2D eigenvalue weighted by molar-refractivity contribution is 0.106. The third-order valence-corrected chi connectivity index (χ3v) is 3.93. The zero-order valence-electron chi connectivity index (χ0n) is 9.97. The molecule has 0 aliphatic heterocycles. The lowest BCUT2D eigenvalue weighted by Gasteiger charge is -2.28. The Kier molecular flexibility index (Phi) is 2.86. The summed E-state index contributed by atoms with van der Waals surface area (Å²) in [6.45, 7) is 0. The van der Waals surface area contributed by atoms with Gasteiger partial charge in [0.15, 0.2) is 0 Å². The molecule has 0 aromatic heterocycles. The maximum absolute atomic E-state index is 10.1. The minimum atomic E-state index is -0.148. The van der Waals surface area contributed by atoms with E-state index >= 15 is 0 Å². The highest BCUT2D eigenvalue weighted by Crippen LogP contribution is 2.34. The second-order valence-corrected chi connectivity index (χ2v) is 5.06. The highest BCUT2D eigenvalue weighted by molar-refractivity contribution is 5.83. The summed E-state index contributed by atoms with van der Waals surface area (Å²) in [5, 5.41) is 12.7. The second-order valence-electron chi connectivity index (χ2n) is 5.06. The SMILES string of the molecule is OC1CCCCC1c1ccc2ccccc2c1. The molecular formula is C16H18O. The number of benzene rings is 2. The van der Waals surface area contributed by atoms with Crippen LogP contribution in [0.1, 0.15) is 37.2 Å². The van der Waals surface area contributed by atoms with Crippen LogP contribution >= 0.6 is 0 Å². The van der Waals surface area contributed by atoms with E-state index in [9.17, 15) is 5.11 Å². The Morgan fingerprint density at radius 3 is 2.47 bits per heavy atom. The summed E-state index contributed by atoms with van der Waals surface area (Å²) in [7, 11) is 0. The van der Waals surface area contributed by atoms with E-state index in [1.807, 2.05) is 0 Å². The fourth-order valence-electron chi connectivity index (χ4n) is 2.94. The molecule has 1 aliphatic carbocycles. The van der Waals surface area contributed by atoms with Gasteiger partial charge in [0.2, 0.25) is 0 Å². The summed E-state index contributed by atoms with van der Waals surface area (Å²) in [5.74, 6) is 0.341. The zero-order valence-corrected chi connectivity index (χ0v) is 9.97. The summed E-state index contributed by atoms with van der Waals surface area (Å²) in [6, 6.07) is 15.0. The molecule has 3 rings (SSSR count). The number of rotatable bonds is 1. The Morgan fingerprint density at radius 2 is 1.65 bits per heavy atom. The van der Waals surface area contributed by atoms with E-state index in [1.54, 1.807) is 0 Å². The molecule has 1 nitrogen and oxygen atoms in total. The van der Waals surface area contributed by atoms with Crippen LogP contribution in [-0.4, -0.2) is 11.2 Å². The first kappa shape index (κ1) is 10.8. The van der Waals surface area contributed by atoms with E-state index in [1.165, 1.54) is 29.2 Å². The average Bonchev–Trinajstić information content (AvgIpc) is 2.39. The smallest absolute Gasteiger partial charge is 0.0608 e. The number of fused-ring (bicyclic) bond motifs is 1. The molecule has 2 unspecified atom stereocenters. The average molecular weight is 226 g/mol. The number of aliphatic hydroxyl groups is 1. The van der Waals surface area contributed by atoms with Crippen molar-refractivity contribution in [3.8, 4) is 0 Å². The molecule has 1 fully saturated rings. The van der Waals surface area contributed by atoms with Gasteiger partial charge in [0.05, 0.1) is 6.10 Å². The fourth-order valence-corrected chi connectivity index (χ4v) is 2.94. The van der Waals surface area contributed by atoms with Crippen molar-refractivity contribution in [2.24, 2.45) is 0 Å². The lowest BCUT2D eigenvalue weighted by Crippen LogP contribution is -2.22. The van der Waals surface area contributed by atoms with Crippen molar-refractivity contribution < 1.29 is 5.11 Å². The van der Waals surface area contributed by atoms with Gasteiger partial charge < -0.3 is 5.11 Å². The van der Waals surface area contributed by atoms with E-state index in [0.29, 0.717) is 5.92 Å².